The molecule has 0 aliphatic carbocycles. The van der Waals surface area contributed by atoms with Gasteiger partial charge in [0, 0.05) is 11.9 Å². The maximum atomic E-state index is 9.65. The fourth-order valence-corrected chi connectivity index (χ4v) is 0.642. The van der Waals surface area contributed by atoms with Crippen LogP contribution in [0.2, 0.25) is 0 Å². The average molecular weight is 309 g/mol. The van der Waals surface area contributed by atoms with Crippen molar-refractivity contribution in [3.05, 3.63) is 0 Å². The first-order valence-electron chi connectivity index (χ1n) is 4.94. The minimum atomic E-state index is -0.943. The molecule has 0 aromatic carbocycles. The summed E-state index contributed by atoms with van der Waals surface area (Å²) in [5.74, 6) is -1.89. The second-order valence-corrected chi connectivity index (χ2v) is 2.95. The minimum absolute atomic E-state index is 0. The molecule has 0 spiro atoms. The summed E-state index contributed by atoms with van der Waals surface area (Å²) in [7, 11) is 0. The van der Waals surface area contributed by atoms with E-state index in [1.54, 1.807) is 0 Å². The van der Waals surface area contributed by atoms with Crippen molar-refractivity contribution in [3.63, 3.8) is 0 Å². The van der Waals surface area contributed by atoms with Crippen LogP contribution in [0.3, 0.4) is 0 Å². The first kappa shape index (κ1) is 20.1. The monoisotopic (exact) mass is 308 g/mol. The summed E-state index contributed by atoms with van der Waals surface area (Å²) < 4.78 is 0. The number of carboxylic acid groups (broad SMARTS) is 2. The Balaban J connectivity index is -0.000000180. The molecule has 0 saturated carbocycles. The molecule has 0 fully saturated rings. The van der Waals surface area contributed by atoms with Gasteiger partial charge in [-0.1, -0.05) is 26.7 Å². The summed E-state index contributed by atoms with van der Waals surface area (Å²) >= 11 is 0. The maximum Gasteiger partial charge on any atom is 2.00 e. The van der Waals surface area contributed by atoms with Crippen LogP contribution in [-0.4, -0.2) is 11.9 Å². The van der Waals surface area contributed by atoms with Crippen molar-refractivity contribution in [1.82, 2.24) is 0 Å². The van der Waals surface area contributed by atoms with Gasteiger partial charge in [0.25, 0.3) is 0 Å². The Morgan fingerprint density at radius 3 is 1.20 bits per heavy atom. The quantitative estimate of drug-likeness (QED) is 0.639. The third kappa shape index (κ3) is 31.7. The third-order valence-corrected chi connectivity index (χ3v) is 1.47. The molecule has 0 aliphatic heterocycles. The molecule has 0 radical (unpaired) electrons. The molecular formula is C10H18O4Pd. The van der Waals surface area contributed by atoms with Crippen LogP contribution in [0.15, 0.2) is 0 Å². The topological polar surface area (TPSA) is 80.3 Å². The number of carbonyl (C=O) groups excluding carboxylic acids is 2. The second-order valence-electron chi connectivity index (χ2n) is 2.95. The van der Waals surface area contributed by atoms with Gasteiger partial charge in [0.1, 0.15) is 0 Å². The van der Waals surface area contributed by atoms with E-state index in [2.05, 4.69) is 0 Å². The van der Waals surface area contributed by atoms with Gasteiger partial charge < -0.3 is 19.8 Å². The number of hydrogen-bond donors (Lipinski definition) is 0. The number of rotatable bonds is 6. The zero-order chi connectivity index (χ0) is 11.4. The Kier molecular flexibility index (Phi) is 21.5. The van der Waals surface area contributed by atoms with Gasteiger partial charge >= 0.3 is 20.4 Å². The molecule has 0 atom stereocenters. The van der Waals surface area contributed by atoms with Gasteiger partial charge in [-0.25, -0.2) is 0 Å². The molecule has 0 rings (SSSR count). The molecule has 0 aromatic rings. The molecule has 0 bridgehead atoms. The van der Waals surface area contributed by atoms with Gasteiger partial charge in [0.05, 0.1) is 0 Å². The van der Waals surface area contributed by atoms with Crippen LogP contribution >= 0.6 is 0 Å². The van der Waals surface area contributed by atoms with E-state index in [1.165, 1.54) is 0 Å². The molecule has 0 aromatic heterocycles. The largest absolute Gasteiger partial charge is 2.00 e. The van der Waals surface area contributed by atoms with Gasteiger partial charge in [-0.05, 0) is 25.7 Å². The predicted octanol–water partition coefficient (Wildman–Crippen LogP) is -0.149. The van der Waals surface area contributed by atoms with Crippen molar-refractivity contribution in [2.24, 2.45) is 0 Å². The number of carboxylic acids is 2. The molecule has 15 heavy (non-hydrogen) atoms. The number of carbonyl (C=O) groups is 2. The van der Waals surface area contributed by atoms with Gasteiger partial charge in [0.2, 0.25) is 0 Å². The zero-order valence-corrected chi connectivity index (χ0v) is 10.7. The molecule has 0 N–H and O–H groups in total. The number of unbranched alkanes of at least 4 members (excludes halogenated alkanes) is 2. The summed E-state index contributed by atoms with van der Waals surface area (Å²) in [5.41, 5.74) is 0. The van der Waals surface area contributed by atoms with E-state index in [0.717, 1.165) is 25.7 Å². The molecule has 0 unspecified atom stereocenters. The van der Waals surface area contributed by atoms with E-state index in [4.69, 9.17) is 0 Å². The Morgan fingerprint density at radius 1 is 0.867 bits per heavy atom. The standard InChI is InChI=1S/2C5H10O2.Pd/c2*1-2-3-4-5(6)7;/h2*2-4H2,1H3,(H,6,7);/q;;+2/p-2. The SMILES string of the molecule is CCCCC(=O)[O-].CCCCC(=O)[O-].[Pd+2]. The van der Waals surface area contributed by atoms with Crippen LogP contribution < -0.4 is 10.2 Å². The van der Waals surface area contributed by atoms with Crippen LogP contribution in [-0.2, 0) is 30.0 Å². The zero-order valence-electron chi connectivity index (χ0n) is 9.19. The van der Waals surface area contributed by atoms with Crippen LogP contribution in [0.4, 0.5) is 0 Å². The summed E-state index contributed by atoms with van der Waals surface area (Å²) in [4.78, 5) is 19.3. The fourth-order valence-electron chi connectivity index (χ4n) is 0.642. The van der Waals surface area contributed by atoms with E-state index >= 15 is 0 Å². The van der Waals surface area contributed by atoms with Crippen LogP contribution in [0.1, 0.15) is 52.4 Å². The van der Waals surface area contributed by atoms with Crippen molar-refractivity contribution >= 4 is 11.9 Å². The van der Waals surface area contributed by atoms with Crippen LogP contribution in [0, 0.1) is 0 Å². The van der Waals surface area contributed by atoms with E-state index < -0.39 is 11.9 Å². The predicted molar refractivity (Wildman–Crippen MR) is 49.1 cm³/mol. The number of hydrogen-bond acceptors (Lipinski definition) is 4. The smallest absolute Gasteiger partial charge is 0.550 e. The van der Waals surface area contributed by atoms with Crippen molar-refractivity contribution in [3.8, 4) is 0 Å². The molecule has 92 valence electrons. The first-order valence-corrected chi connectivity index (χ1v) is 4.94. The summed E-state index contributed by atoms with van der Waals surface area (Å²) in [6.07, 6.45) is 3.74. The Labute approximate surface area is 105 Å². The summed E-state index contributed by atoms with van der Waals surface area (Å²) in [6, 6.07) is 0. The normalized spacial score (nSPS) is 8.13. The summed E-state index contributed by atoms with van der Waals surface area (Å²) in [5, 5.41) is 19.3. The molecular weight excluding hydrogens is 291 g/mol. The molecule has 4 nitrogen and oxygen atoms in total. The minimum Gasteiger partial charge on any atom is -0.550 e. The van der Waals surface area contributed by atoms with Crippen LogP contribution in [0.5, 0.6) is 0 Å². The van der Waals surface area contributed by atoms with Crippen LogP contribution in [0.25, 0.3) is 0 Å². The molecule has 0 saturated heterocycles. The third-order valence-electron chi connectivity index (χ3n) is 1.47. The second kappa shape index (κ2) is 16.0. The molecule has 5 heteroatoms. The molecule has 0 heterocycles. The van der Waals surface area contributed by atoms with Gasteiger partial charge in [0.15, 0.2) is 0 Å². The average Bonchev–Trinajstić information content (AvgIpc) is 2.12. The Bertz CT molecular complexity index is 142. The molecule has 0 amide bonds. The van der Waals surface area contributed by atoms with Gasteiger partial charge in [-0.15, -0.1) is 0 Å². The van der Waals surface area contributed by atoms with Crippen molar-refractivity contribution < 1.29 is 40.2 Å². The maximum absolute atomic E-state index is 9.65. The number of aliphatic carboxylic acids is 2. The fraction of sp³-hybridized carbons (Fsp3) is 0.800. The molecule has 0 aliphatic rings. The summed E-state index contributed by atoms with van der Waals surface area (Å²) in [6.45, 7) is 3.89. The van der Waals surface area contributed by atoms with Crippen molar-refractivity contribution in [1.29, 1.82) is 0 Å². The Hall–Kier alpha value is -0.398. The van der Waals surface area contributed by atoms with Gasteiger partial charge in [-0.3, -0.25) is 0 Å². The first-order chi connectivity index (χ1) is 6.54. The van der Waals surface area contributed by atoms with E-state index in [-0.39, 0.29) is 33.3 Å². The van der Waals surface area contributed by atoms with E-state index in [1.807, 2.05) is 13.8 Å². The van der Waals surface area contributed by atoms with E-state index in [0.29, 0.717) is 0 Å². The Morgan fingerprint density at radius 2 is 1.13 bits per heavy atom. The van der Waals surface area contributed by atoms with Crippen molar-refractivity contribution in [2.45, 2.75) is 52.4 Å². The van der Waals surface area contributed by atoms with Crippen molar-refractivity contribution in [2.75, 3.05) is 0 Å². The van der Waals surface area contributed by atoms with Gasteiger partial charge in [-0.2, -0.15) is 0 Å². The van der Waals surface area contributed by atoms with E-state index in [9.17, 15) is 19.8 Å².